The molecule has 3 heterocycles. The van der Waals surface area contributed by atoms with Crippen molar-refractivity contribution in [2.75, 3.05) is 0 Å². The number of aromatic nitrogens is 2. The number of benzene rings is 3. The summed E-state index contributed by atoms with van der Waals surface area (Å²) in [5.74, 6) is 0.820. The quantitative estimate of drug-likeness (QED) is 0.245. The van der Waals surface area contributed by atoms with E-state index in [2.05, 4.69) is 110 Å². The second-order valence-electron chi connectivity index (χ2n) is 10.9. The summed E-state index contributed by atoms with van der Waals surface area (Å²) in [5, 5.41) is 1.06. The van der Waals surface area contributed by atoms with Crippen LogP contribution in [0.5, 0.6) is 0 Å². The maximum absolute atomic E-state index is 6.16. The average Bonchev–Trinajstić information content (AvgIpc) is 3.36. The molecule has 0 aliphatic rings. The third-order valence-electron chi connectivity index (χ3n) is 7.07. The number of nitrogens with zero attached hydrogens (tertiary/aromatic N) is 2. The molecule has 0 bridgehead atoms. The summed E-state index contributed by atoms with van der Waals surface area (Å²) in [6.07, 6.45) is 5.48. The van der Waals surface area contributed by atoms with Crippen molar-refractivity contribution in [2.45, 2.75) is 33.1 Å². The van der Waals surface area contributed by atoms with Crippen LogP contribution in [-0.2, 0) is 5.41 Å². The van der Waals surface area contributed by atoms with E-state index in [0.29, 0.717) is 0 Å². The molecular formula is C35H30N2O. The lowest BCUT2D eigenvalue weighted by atomic mass is 9.85. The Balaban J connectivity index is 1.50. The van der Waals surface area contributed by atoms with E-state index >= 15 is 0 Å². The summed E-state index contributed by atoms with van der Waals surface area (Å²) in [5.41, 5.74) is 11.2. The fourth-order valence-corrected chi connectivity index (χ4v) is 4.90. The number of hydrogen-bond donors (Lipinski definition) is 0. The van der Waals surface area contributed by atoms with Crippen molar-refractivity contribution in [3.63, 3.8) is 0 Å². The summed E-state index contributed by atoms with van der Waals surface area (Å²) >= 11 is 0. The Labute approximate surface area is 223 Å². The Morgan fingerprint density at radius 3 is 2.18 bits per heavy atom. The number of rotatable bonds is 4. The van der Waals surface area contributed by atoms with Crippen LogP contribution in [0.3, 0.4) is 0 Å². The fraction of sp³-hybridized carbons (Fsp3) is 0.143. The molecule has 0 aliphatic carbocycles. The highest BCUT2D eigenvalue weighted by molar-refractivity contribution is 5.92. The predicted octanol–water partition coefficient (Wildman–Crippen LogP) is 9.50. The minimum Gasteiger partial charge on any atom is -0.456 e. The molecule has 0 fully saturated rings. The molecular weight excluding hydrogens is 464 g/mol. The SMILES string of the molecule is Cc1ccnc(-c2ccc(-c3ccc(C(C)(C)C)cc3)c(-c3ccc4oc(-c5cccnc5)cc4c3)c2)c1. The van der Waals surface area contributed by atoms with Gasteiger partial charge in [-0.2, -0.15) is 0 Å². The molecule has 0 radical (unpaired) electrons. The van der Waals surface area contributed by atoms with Crippen LogP contribution in [0.2, 0.25) is 0 Å². The van der Waals surface area contributed by atoms with Crippen LogP contribution in [0.4, 0.5) is 0 Å². The van der Waals surface area contributed by atoms with E-state index in [9.17, 15) is 0 Å². The van der Waals surface area contributed by atoms with Crippen molar-refractivity contribution in [1.29, 1.82) is 0 Å². The van der Waals surface area contributed by atoms with Gasteiger partial charge in [0.15, 0.2) is 0 Å². The lowest BCUT2D eigenvalue weighted by Gasteiger charge is -2.20. The van der Waals surface area contributed by atoms with Crippen molar-refractivity contribution >= 4 is 11.0 Å². The Bertz CT molecular complexity index is 1740. The van der Waals surface area contributed by atoms with E-state index in [1.54, 1.807) is 6.20 Å². The molecule has 3 aromatic carbocycles. The van der Waals surface area contributed by atoms with Gasteiger partial charge in [-0.1, -0.05) is 63.2 Å². The van der Waals surface area contributed by atoms with Crippen LogP contribution < -0.4 is 0 Å². The first-order chi connectivity index (χ1) is 18.3. The molecule has 6 rings (SSSR count). The summed E-state index contributed by atoms with van der Waals surface area (Å²) in [6, 6.07) is 32.3. The van der Waals surface area contributed by atoms with E-state index in [4.69, 9.17) is 4.42 Å². The highest BCUT2D eigenvalue weighted by Gasteiger charge is 2.16. The maximum atomic E-state index is 6.16. The number of aryl methyl sites for hydroxylation is 1. The zero-order valence-corrected chi connectivity index (χ0v) is 22.2. The zero-order chi connectivity index (χ0) is 26.3. The molecule has 3 nitrogen and oxygen atoms in total. The topological polar surface area (TPSA) is 38.9 Å². The average molecular weight is 495 g/mol. The fourth-order valence-electron chi connectivity index (χ4n) is 4.90. The first-order valence-corrected chi connectivity index (χ1v) is 13.0. The van der Waals surface area contributed by atoms with Gasteiger partial charge in [0, 0.05) is 35.1 Å². The highest BCUT2D eigenvalue weighted by Crippen LogP contribution is 2.38. The van der Waals surface area contributed by atoms with Gasteiger partial charge in [-0.15, -0.1) is 0 Å². The Morgan fingerprint density at radius 1 is 0.658 bits per heavy atom. The van der Waals surface area contributed by atoms with Gasteiger partial charge in [-0.3, -0.25) is 9.97 Å². The van der Waals surface area contributed by atoms with Gasteiger partial charge in [0.05, 0.1) is 5.69 Å². The van der Waals surface area contributed by atoms with Crippen molar-refractivity contribution in [3.05, 3.63) is 121 Å². The van der Waals surface area contributed by atoms with Gasteiger partial charge >= 0.3 is 0 Å². The lowest BCUT2D eigenvalue weighted by Crippen LogP contribution is -2.10. The normalized spacial score (nSPS) is 11.7. The second-order valence-corrected chi connectivity index (χ2v) is 10.9. The largest absolute Gasteiger partial charge is 0.456 e. The van der Waals surface area contributed by atoms with Gasteiger partial charge in [0.1, 0.15) is 11.3 Å². The summed E-state index contributed by atoms with van der Waals surface area (Å²) in [7, 11) is 0. The van der Waals surface area contributed by atoms with Crippen molar-refractivity contribution in [3.8, 4) is 44.8 Å². The lowest BCUT2D eigenvalue weighted by molar-refractivity contribution is 0.590. The second kappa shape index (κ2) is 9.42. The summed E-state index contributed by atoms with van der Waals surface area (Å²) in [6.45, 7) is 8.84. The van der Waals surface area contributed by atoms with Gasteiger partial charge < -0.3 is 4.42 Å². The first kappa shape index (κ1) is 23.9. The van der Waals surface area contributed by atoms with Crippen LogP contribution in [0.25, 0.3) is 55.8 Å². The molecule has 0 spiro atoms. The van der Waals surface area contributed by atoms with Crippen LogP contribution >= 0.6 is 0 Å². The standard InChI is InChI=1S/C35H30N2O/c1-23-15-17-37-32(18-23)26-9-13-30(24-7-11-29(12-8-24)35(2,3)4)31(20-26)25-10-14-33-28(19-25)21-34(38-33)27-6-5-16-36-22-27/h5-22H,1-4H3. The molecule has 3 heteroatoms. The molecule has 3 aromatic heterocycles. The molecule has 0 unspecified atom stereocenters. The first-order valence-electron chi connectivity index (χ1n) is 13.0. The summed E-state index contributed by atoms with van der Waals surface area (Å²) < 4.78 is 6.16. The molecule has 0 amide bonds. The zero-order valence-electron chi connectivity index (χ0n) is 22.2. The van der Waals surface area contributed by atoms with Crippen LogP contribution in [0, 0.1) is 6.92 Å². The van der Waals surface area contributed by atoms with E-state index in [1.807, 2.05) is 30.6 Å². The summed E-state index contributed by atoms with van der Waals surface area (Å²) in [4.78, 5) is 8.89. The maximum Gasteiger partial charge on any atom is 0.136 e. The number of hydrogen-bond acceptors (Lipinski definition) is 3. The molecule has 38 heavy (non-hydrogen) atoms. The van der Waals surface area contributed by atoms with E-state index in [1.165, 1.54) is 27.8 Å². The predicted molar refractivity (Wildman–Crippen MR) is 157 cm³/mol. The molecule has 186 valence electrons. The van der Waals surface area contributed by atoms with E-state index < -0.39 is 0 Å². The number of fused-ring (bicyclic) bond motifs is 1. The van der Waals surface area contributed by atoms with E-state index in [-0.39, 0.29) is 5.41 Å². The van der Waals surface area contributed by atoms with E-state index in [0.717, 1.165) is 39.1 Å². The molecule has 0 aliphatic heterocycles. The molecule has 0 saturated heterocycles. The molecule has 0 atom stereocenters. The number of pyridine rings is 2. The van der Waals surface area contributed by atoms with Gasteiger partial charge in [0.25, 0.3) is 0 Å². The minimum atomic E-state index is 0.111. The third kappa shape index (κ3) is 4.64. The molecule has 0 N–H and O–H groups in total. The van der Waals surface area contributed by atoms with Gasteiger partial charge in [-0.05, 0) is 94.3 Å². The Morgan fingerprint density at radius 2 is 1.45 bits per heavy atom. The van der Waals surface area contributed by atoms with Crippen molar-refractivity contribution < 1.29 is 4.42 Å². The molecule has 6 aromatic rings. The van der Waals surface area contributed by atoms with Gasteiger partial charge in [-0.25, -0.2) is 0 Å². The smallest absolute Gasteiger partial charge is 0.136 e. The van der Waals surface area contributed by atoms with Crippen LogP contribution in [0.15, 0.2) is 114 Å². The van der Waals surface area contributed by atoms with Crippen LogP contribution in [-0.4, -0.2) is 9.97 Å². The van der Waals surface area contributed by atoms with Crippen LogP contribution in [0.1, 0.15) is 31.9 Å². The third-order valence-corrected chi connectivity index (χ3v) is 7.07. The number of furan rings is 1. The van der Waals surface area contributed by atoms with Crippen molar-refractivity contribution in [2.24, 2.45) is 0 Å². The Hall–Kier alpha value is -4.50. The monoisotopic (exact) mass is 494 g/mol. The Kier molecular flexibility index (Phi) is 5.92. The highest BCUT2D eigenvalue weighted by atomic mass is 16.3. The molecule has 0 saturated carbocycles. The minimum absolute atomic E-state index is 0.111. The van der Waals surface area contributed by atoms with Crippen molar-refractivity contribution in [1.82, 2.24) is 9.97 Å². The van der Waals surface area contributed by atoms with Gasteiger partial charge in [0.2, 0.25) is 0 Å².